The number of carbonyl (C=O) groups is 1. The van der Waals surface area contributed by atoms with Crippen LogP contribution in [0.1, 0.15) is 45.1 Å². The van der Waals surface area contributed by atoms with Crippen molar-refractivity contribution in [3.8, 4) is 0 Å². The van der Waals surface area contributed by atoms with Gasteiger partial charge in [0.25, 0.3) is 6.47 Å². The molecule has 2 N–H and O–H groups in total. The first-order valence-electron chi connectivity index (χ1n) is 7.42. The number of nitrogens with one attached hydrogen (secondary N) is 2. The topological polar surface area (TPSA) is 63.2 Å². The summed E-state index contributed by atoms with van der Waals surface area (Å²) in [5.74, 6) is 1.65. The average Bonchev–Trinajstić information content (AvgIpc) is 2.48. The first-order chi connectivity index (χ1) is 9.96. The maximum Gasteiger partial charge on any atom is 0.293 e. The van der Waals surface area contributed by atoms with Crippen LogP contribution >= 0.6 is 0 Å². The summed E-state index contributed by atoms with van der Waals surface area (Å²) >= 11 is 0. The number of pyridine rings is 1. The highest BCUT2D eigenvalue weighted by atomic mass is 16.5. The van der Waals surface area contributed by atoms with E-state index in [4.69, 9.17) is 0 Å². The Labute approximate surface area is 127 Å². The van der Waals surface area contributed by atoms with Crippen LogP contribution in [-0.4, -0.2) is 37.2 Å². The van der Waals surface area contributed by atoms with E-state index in [0.29, 0.717) is 12.4 Å². The molecule has 0 atom stereocenters. The average molecular weight is 293 g/mol. The molecule has 1 aliphatic rings. The van der Waals surface area contributed by atoms with Crippen LogP contribution in [0.5, 0.6) is 0 Å². The highest BCUT2D eigenvalue weighted by molar-refractivity contribution is 5.37. The van der Waals surface area contributed by atoms with Crippen molar-refractivity contribution in [3.63, 3.8) is 0 Å². The SMILES string of the molecule is CC(C)(C)OC=O.CNc1ccc(C2CCNCC2)cn1. The van der Waals surface area contributed by atoms with Crippen LogP contribution in [0.15, 0.2) is 18.3 Å². The lowest BCUT2D eigenvalue weighted by Gasteiger charge is -2.22. The fourth-order valence-corrected chi connectivity index (χ4v) is 2.09. The second kappa shape index (κ2) is 8.62. The fourth-order valence-electron chi connectivity index (χ4n) is 2.09. The van der Waals surface area contributed by atoms with Crippen molar-refractivity contribution in [1.29, 1.82) is 0 Å². The minimum absolute atomic E-state index is 0.318. The molecule has 5 heteroatoms. The van der Waals surface area contributed by atoms with Gasteiger partial charge in [0, 0.05) is 13.2 Å². The van der Waals surface area contributed by atoms with Gasteiger partial charge in [0.05, 0.1) is 0 Å². The molecule has 1 fully saturated rings. The summed E-state index contributed by atoms with van der Waals surface area (Å²) in [4.78, 5) is 13.9. The number of piperidine rings is 1. The van der Waals surface area contributed by atoms with Crippen LogP contribution in [0.25, 0.3) is 0 Å². The van der Waals surface area contributed by atoms with Gasteiger partial charge in [-0.25, -0.2) is 4.98 Å². The fraction of sp³-hybridized carbons (Fsp3) is 0.625. The van der Waals surface area contributed by atoms with E-state index in [9.17, 15) is 4.79 Å². The molecule has 5 nitrogen and oxygen atoms in total. The van der Waals surface area contributed by atoms with Crippen LogP contribution in [-0.2, 0) is 9.53 Å². The van der Waals surface area contributed by atoms with Crippen molar-refractivity contribution in [3.05, 3.63) is 23.9 Å². The maximum absolute atomic E-state index is 9.60. The van der Waals surface area contributed by atoms with Crippen molar-refractivity contribution in [2.24, 2.45) is 0 Å². The molecule has 1 aliphatic heterocycles. The number of hydrogen-bond acceptors (Lipinski definition) is 5. The molecule has 118 valence electrons. The van der Waals surface area contributed by atoms with E-state index < -0.39 is 0 Å². The molecule has 2 rings (SSSR count). The summed E-state index contributed by atoms with van der Waals surface area (Å²) in [5, 5.41) is 6.41. The first-order valence-corrected chi connectivity index (χ1v) is 7.42. The van der Waals surface area contributed by atoms with Crippen LogP contribution in [0.2, 0.25) is 0 Å². The Bertz CT molecular complexity index is 407. The Kier molecular flexibility index (Phi) is 7.15. The first kappa shape index (κ1) is 17.4. The lowest BCUT2D eigenvalue weighted by Crippen LogP contribution is -2.26. The molecule has 0 saturated carbocycles. The minimum atomic E-state index is -0.318. The Morgan fingerprint density at radius 1 is 1.33 bits per heavy atom. The zero-order valence-corrected chi connectivity index (χ0v) is 13.5. The normalized spacial score (nSPS) is 15.6. The van der Waals surface area contributed by atoms with Gasteiger partial charge >= 0.3 is 0 Å². The van der Waals surface area contributed by atoms with Gasteiger partial charge in [0.2, 0.25) is 0 Å². The summed E-state index contributed by atoms with van der Waals surface area (Å²) in [7, 11) is 1.90. The second-order valence-corrected chi connectivity index (χ2v) is 6.08. The molecule has 0 bridgehead atoms. The highest BCUT2D eigenvalue weighted by Gasteiger charge is 2.14. The predicted molar refractivity (Wildman–Crippen MR) is 85.5 cm³/mol. The summed E-state index contributed by atoms with van der Waals surface area (Å²) in [5.41, 5.74) is 1.06. The lowest BCUT2D eigenvalue weighted by atomic mass is 9.91. The van der Waals surface area contributed by atoms with Crippen molar-refractivity contribution < 1.29 is 9.53 Å². The second-order valence-electron chi connectivity index (χ2n) is 6.08. The number of hydrogen-bond donors (Lipinski definition) is 2. The molecular formula is C16H27N3O2. The predicted octanol–water partition coefficient (Wildman–Crippen LogP) is 2.55. The number of carbonyl (C=O) groups excluding carboxylic acids is 1. The molecular weight excluding hydrogens is 266 g/mol. The van der Waals surface area contributed by atoms with E-state index in [1.165, 1.54) is 18.4 Å². The van der Waals surface area contributed by atoms with Gasteiger partial charge in [-0.05, 0) is 64.3 Å². The van der Waals surface area contributed by atoms with Crippen molar-refractivity contribution in [1.82, 2.24) is 10.3 Å². The third-order valence-corrected chi connectivity index (χ3v) is 3.25. The van der Waals surface area contributed by atoms with Crippen LogP contribution in [0.3, 0.4) is 0 Å². The van der Waals surface area contributed by atoms with Crippen LogP contribution in [0, 0.1) is 0 Å². The molecule has 0 spiro atoms. The van der Waals surface area contributed by atoms with Gasteiger partial charge in [0.15, 0.2) is 0 Å². The third-order valence-electron chi connectivity index (χ3n) is 3.25. The minimum Gasteiger partial charge on any atom is -0.462 e. The van der Waals surface area contributed by atoms with E-state index in [-0.39, 0.29) is 5.60 Å². The molecule has 0 amide bonds. The van der Waals surface area contributed by atoms with Crippen molar-refractivity contribution >= 4 is 12.3 Å². The van der Waals surface area contributed by atoms with Crippen molar-refractivity contribution in [2.75, 3.05) is 25.5 Å². The number of nitrogens with zero attached hydrogens (tertiary/aromatic N) is 1. The Hall–Kier alpha value is -1.62. The van der Waals surface area contributed by atoms with E-state index in [1.807, 2.05) is 34.0 Å². The molecule has 1 saturated heterocycles. The van der Waals surface area contributed by atoms with Crippen molar-refractivity contribution in [2.45, 2.75) is 45.1 Å². The summed E-state index contributed by atoms with van der Waals surface area (Å²) in [6.45, 7) is 8.20. The maximum atomic E-state index is 9.60. The lowest BCUT2D eigenvalue weighted by molar-refractivity contribution is -0.138. The molecule has 0 radical (unpaired) electrons. The monoisotopic (exact) mass is 293 g/mol. The van der Waals surface area contributed by atoms with Gasteiger partial charge in [-0.1, -0.05) is 6.07 Å². The standard InChI is InChI=1S/C11H17N3.C5H10O2/c1-12-11-3-2-10(8-14-11)9-4-6-13-7-5-9;1-5(2,3)7-4-6/h2-3,8-9,13H,4-7H2,1H3,(H,12,14);4H,1-3H3. The smallest absolute Gasteiger partial charge is 0.293 e. The molecule has 2 heterocycles. The number of aromatic nitrogens is 1. The Balaban J connectivity index is 0.000000270. The van der Waals surface area contributed by atoms with Gasteiger partial charge in [-0.2, -0.15) is 0 Å². The molecule has 1 aromatic rings. The molecule has 0 aromatic carbocycles. The van der Waals surface area contributed by atoms with Gasteiger partial charge in [-0.3, -0.25) is 4.79 Å². The molecule has 0 aliphatic carbocycles. The van der Waals surface area contributed by atoms with E-state index in [2.05, 4.69) is 32.5 Å². The van der Waals surface area contributed by atoms with E-state index >= 15 is 0 Å². The largest absolute Gasteiger partial charge is 0.462 e. The van der Waals surface area contributed by atoms with Gasteiger partial charge in [-0.15, -0.1) is 0 Å². The number of anilines is 1. The number of rotatable bonds is 3. The zero-order chi connectivity index (χ0) is 15.7. The van der Waals surface area contributed by atoms with Crippen LogP contribution < -0.4 is 10.6 Å². The summed E-state index contributed by atoms with van der Waals surface area (Å²) < 4.78 is 4.55. The molecule has 0 unspecified atom stereocenters. The van der Waals surface area contributed by atoms with Crippen LogP contribution in [0.4, 0.5) is 5.82 Å². The van der Waals surface area contributed by atoms with Gasteiger partial charge < -0.3 is 15.4 Å². The number of ether oxygens (including phenoxy) is 1. The zero-order valence-electron chi connectivity index (χ0n) is 13.5. The Morgan fingerprint density at radius 2 is 2.00 bits per heavy atom. The molecule has 1 aromatic heterocycles. The summed E-state index contributed by atoms with van der Waals surface area (Å²) in [6.07, 6.45) is 4.48. The quantitative estimate of drug-likeness (QED) is 0.839. The van der Waals surface area contributed by atoms with E-state index in [1.54, 1.807) is 0 Å². The third kappa shape index (κ3) is 7.09. The Morgan fingerprint density at radius 3 is 2.38 bits per heavy atom. The van der Waals surface area contributed by atoms with E-state index in [0.717, 1.165) is 18.9 Å². The van der Waals surface area contributed by atoms with Gasteiger partial charge in [0.1, 0.15) is 11.4 Å². The summed E-state index contributed by atoms with van der Waals surface area (Å²) in [6, 6.07) is 4.24. The highest BCUT2D eigenvalue weighted by Crippen LogP contribution is 2.24. The molecule has 21 heavy (non-hydrogen) atoms.